The van der Waals surface area contributed by atoms with Crippen LogP contribution in [0.1, 0.15) is 0 Å². The summed E-state index contributed by atoms with van der Waals surface area (Å²) < 4.78 is 0. The average Bonchev–Trinajstić information content (AvgIpc) is 2.13. The van der Waals surface area contributed by atoms with Gasteiger partial charge in [0.15, 0.2) is 0 Å². The molecule has 0 aliphatic carbocycles. The summed E-state index contributed by atoms with van der Waals surface area (Å²) in [5.74, 6) is 0. The van der Waals surface area contributed by atoms with Crippen molar-refractivity contribution < 1.29 is 4.79 Å². The van der Waals surface area contributed by atoms with Crippen LogP contribution in [0.15, 0.2) is 0 Å². The molecule has 1 aliphatic rings. The highest BCUT2D eigenvalue weighted by molar-refractivity contribution is 5.75. The minimum absolute atomic E-state index is 0.0949. The quantitative estimate of drug-likeness (QED) is 0.401. The van der Waals surface area contributed by atoms with Crippen molar-refractivity contribution in [1.82, 2.24) is 15.8 Å². The number of carbonyl (C=O) groups excluding carboxylic acids is 1. The smallest absolute Gasteiger partial charge is 0.327 e. The Hall–Kier alpha value is -0.810. The summed E-state index contributed by atoms with van der Waals surface area (Å²) in [5.41, 5.74) is 8.06. The Kier molecular flexibility index (Phi) is 1.54. The predicted octanol–water partition coefficient (Wildman–Crippen LogP) is -1.57. The van der Waals surface area contributed by atoms with E-state index in [4.69, 9.17) is 5.73 Å². The topological polar surface area (TPSA) is 70.4 Å². The lowest BCUT2D eigenvalue weighted by Gasteiger charge is -2.07. The van der Waals surface area contributed by atoms with Gasteiger partial charge in [0.25, 0.3) is 0 Å². The van der Waals surface area contributed by atoms with Crippen molar-refractivity contribution in [3.63, 3.8) is 0 Å². The van der Waals surface area contributed by atoms with E-state index in [9.17, 15) is 4.79 Å². The molecule has 1 saturated heterocycles. The van der Waals surface area contributed by atoms with Gasteiger partial charge in [-0.25, -0.2) is 10.2 Å². The van der Waals surface area contributed by atoms with Crippen molar-refractivity contribution in [2.24, 2.45) is 5.73 Å². The largest absolute Gasteiger partial charge is 0.332 e. The van der Waals surface area contributed by atoms with Gasteiger partial charge in [0.2, 0.25) is 0 Å². The molecule has 1 aliphatic heterocycles. The number of nitrogens with zero attached hydrogens (tertiary/aromatic N) is 1. The Labute approximate surface area is 53.2 Å². The first-order valence-corrected chi connectivity index (χ1v) is 2.74. The van der Waals surface area contributed by atoms with Crippen LogP contribution in [0.4, 0.5) is 4.79 Å². The molecule has 0 aromatic rings. The van der Waals surface area contributed by atoms with Gasteiger partial charge >= 0.3 is 6.03 Å². The molecular weight excluding hydrogens is 120 g/mol. The highest BCUT2D eigenvalue weighted by Gasteiger charge is 2.22. The molecule has 1 unspecified atom stereocenters. The number of carbonyl (C=O) groups is 1. The maximum absolute atomic E-state index is 10.6. The van der Waals surface area contributed by atoms with E-state index in [0.29, 0.717) is 6.54 Å². The van der Waals surface area contributed by atoms with Crippen molar-refractivity contribution >= 4 is 6.03 Å². The zero-order chi connectivity index (χ0) is 6.85. The summed E-state index contributed by atoms with van der Waals surface area (Å²) in [6.45, 7) is 0.413. The number of nitrogens with one attached hydrogen (secondary N) is 2. The van der Waals surface area contributed by atoms with Gasteiger partial charge in [-0.15, -0.1) is 0 Å². The van der Waals surface area contributed by atoms with E-state index in [2.05, 4.69) is 10.7 Å². The normalized spacial score (nSPS) is 26.7. The van der Waals surface area contributed by atoms with Crippen LogP contribution < -0.4 is 16.5 Å². The average molecular weight is 130 g/mol. The van der Waals surface area contributed by atoms with Crippen LogP contribution in [-0.2, 0) is 0 Å². The minimum Gasteiger partial charge on any atom is -0.327 e. The molecule has 0 radical (unpaired) electrons. The SMILES string of the molecule is CN1NC(CN)NC1=O. The van der Waals surface area contributed by atoms with Crippen molar-refractivity contribution in [2.45, 2.75) is 6.17 Å². The number of amides is 2. The summed E-state index contributed by atoms with van der Waals surface area (Å²) in [5, 5.41) is 3.98. The molecule has 1 rings (SSSR count). The van der Waals surface area contributed by atoms with E-state index in [-0.39, 0.29) is 12.2 Å². The molecular formula is C4H10N4O. The van der Waals surface area contributed by atoms with Crippen molar-refractivity contribution in [2.75, 3.05) is 13.6 Å². The van der Waals surface area contributed by atoms with E-state index in [1.165, 1.54) is 5.01 Å². The zero-order valence-corrected chi connectivity index (χ0v) is 5.22. The molecule has 52 valence electrons. The minimum atomic E-state index is -0.134. The van der Waals surface area contributed by atoms with Crippen LogP contribution in [0.25, 0.3) is 0 Å². The van der Waals surface area contributed by atoms with Crippen LogP contribution in [0.3, 0.4) is 0 Å². The fourth-order valence-corrected chi connectivity index (χ4v) is 0.682. The van der Waals surface area contributed by atoms with Gasteiger partial charge in [0, 0.05) is 13.6 Å². The Morgan fingerprint density at radius 3 is 2.78 bits per heavy atom. The summed E-state index contributed by atoms with van der Waals surface area (Å²) >= 11 is 0. The third kappa shape index (κ3) is 1.11. The monoisotopic (exact) mass is 130 g/mol. The number of rotatable bonds is 1. The zero-order valence-electron chi connectivity index (χ0n) is 5.22. The van der Waals surface area contributed by atoms with Crippen LogP contribution in [0.2, 0.25) is 0 Å². The maximum Gasteiger partial charge on any atom is 0.332 e. The summed E-state index contributed by atoms with van der Waals surface area (Å²) in [6.07, 6.45) is -0.0949. The van der Waals surface area contributed by atoms with Crippen molar-refractivity contribution in [1.29, 1.82) is 0 Å². The first-order chi connectivity index (χ1) is 4.24. The molecule has 2 amide bonds. The molecule has 1 heterocycles. The van der Waals surface area contributed by atoms with Gasteiger partial charge in [0.1, 0.15) is 6.17 Å². The first kappa shape index (κ1) is 6.31. The number of hydrazine groups is 1. The molecule has 0 saturated carbocycles. The van der Waals surface area contributed by atoms with Crippen LogP contribution in [-0.4, -0.2) is 30.8 Å². The Morgan fingerprint density at radius 1 is 1.89 bits per heavy atom. The maximum atomic E-state index is 10.6. The van der Waals surface area contributed by atoms with Gasteiger partial charge in [-0.05, 0) is 0 Å². The Morgan fingerprint density at radius 2 is 2.56 bits per heavy atom. The third-order valence-corrected chi connectivity index (χ3v) is 1.19. The number of hydrogen-bond donors (Lipinski definition) is 3. The van der Waals surface area contributed by atoms with E-state index >= 15 is 0 Å². The predicted molar refractivity (Wildman–Crippen MR) is 32.3 cm³/mol. The van der Waals surface area contributed by atoms with Gasteiger partial charge in [-0.2, -0.15) is 0 Å². The Bertz CT molecular complexity index is 126. The molecule has 0 aromatic carbocycles. The molecule has 0 aromatic heterocycles. The summed E-state index contributed by atoms with van der Waals surface area (Å²) in [7, 11) is 1.64. The Balaban J connectivity index is 2.44. The third-order valence-electron chi connectivity index (χ3n) is 1.19. The molecule has 1 fully saturated rings. The van der Waals surface area contributed by atoms with E-state index in [0.717, 1.165) is 0 Å². The van der Waals surface area contributed by atoms with E-state index in [1.807, 2.05) is 0 Å². The van der Waals surface area contributed by atoms with E-state index < -0.39 is 0 Å². The number of urea groups is 1. The fraction of sp³-hybridized carbons (Fsp3) is 0.750. The van der Waals surface area contributed by atoms with Gasteiger partial charge in [-0.1, -0.05) is 0 Å². The van der Waals surface area contributed by atoms with Crippen LogP contribution in [0.5, 0.6) is 0 Å². The lowest BCUT2D eigenvalue weighted by molar-refractivity contribution is 0.213. The molecule has 4 N–H and O–H groups in total. The van der Waals surface area contributed by atoms with Gasteiger partial charge < -0.3 is 11.1 Å². The van der Waals surface area contributed by atoms with E-state index in [1.54, 1.807) is 7.05 Å². The van der Waals surface area contributed by atoms with Crippen molar-refractivity contribution in [3.05, 3.63) is 0 Å². The second kappa shape index (κ2) is 2.20. The molecule has 9 heavy (non-hydrogen) atoms. The molecule has 0 spiro atoms. The number of nitrogens with two attached hydrogens (primary N) is 1. The van der Waals surface area contributed by atoms with Gasteiger partial charge in [0.05, 0.1) is 0 Å². The standard InChI is InChI=1S/C4H10N4O/c1-8-4(9)6-3(2-5)7-8/h3,7H,2,5H2,1H3,(H,6,9). The first-order valence-electron chi connectivity index (χ1n) is 2.74. The summed E-state index contributed by atoms with van der Waals surface area (Å²) in [6, 6.07) is -0.134. The van der Waals surface area contributed by atoms with Gasteiger partial charge in [-0.3, -0.25) is 5.01 Å². The second-order valence-electron chi connectivity index (χ2n) is 1.93. The van der Waals surface area contributed by atoms with Crippen molar-refractivity contribution in [3.8, 4) is 0 Å². The lowest BCUT2D eigenvalue weighted by atomic mass is 10.5. The molecule has 5 heteroatoms. The molecule has 5 nitrogen and oxygen atoms in total. The molecule has 1 atom stereocenters. The number of hydrogen-bond acceptors (Lipinski definition) is 3. The lowest BCUT2D eigenvalue weighted by Crippen LogP contribution is -2.40. The van der Waals surface area contributed by atoms with Crippen LogP contribution >= 0.6 is 0 Å². The fourth-order valence-electron chi connectivity index (χ4n) is 0.682. The second-order valence-corrected chi connectivity index (χ2v) is 1.93. The highest BCUT2D eigenvalue weighted by atomic mass is 16.2. The highest BCUT2D eigenvalue weighted by Crippen LogP contribution is 1.90. The van der Waals surface area contributed by atoms with Crippen LogP contribution in [0, 0.1) is 0 Å². The summed E-state index contributed by atoms with van der Waals surface area (Å²) in [4.78, 5) is 10.6. The molecule has 0 bridgehead atoms.